The second kappa shape index (κ2) is 8.39. The van der Waals surface area contributed by atoms with Gasteiger partial charge < -0.3 is 20.3 Å². The smallest absolute Gasteiger partial charge is 0.325 e. The summed E-state index contributed by atoms with van der Waals surface area (Å²) in [5, 5.41) is 13.7. The van der Waals surface area contributed by atoms with Crippen molar-refractivity contribution in [1.29, 1.82) is 0 Å². The third-order valence-electron chi connectivity index (χ3n) is 4.92. The van der Waals surface area contributed by atoms with E-state index in [1.165, 1.54) is 4.68 Å². The number of hydrogen-bond donors (Lipinski definition) is 2. The van der Waals surface area contributed by atoms with Gasteiger partial charge in [0.1, 0.15) is 12.4 Å². The summed E-state index contributed by atoms with van der Waals surface area (Å²) in [4.78, 5) is 15.9. The lowest BCUT2D eigenvalue weighted by molar-refractivity contribution is -0.137. The van der Waals surface area contributed by atoms with E-state index in [0.29, 0.717) is 23.7 Å². The third kappa shape index (κ3) is 4.57. The Labute approximate surface area is 158 Å². The summed E-state index contributed by atoms with van der Waals surface area (Å²) in [5.74, 6) is 1.83. The molecule has 0 radical (unpaired) electrons. The molecule has 1 aliphatic carbocycles. The SMILES string of the molecule is COc1ccc(Cc2nc([C@H]3CCC[C@@H](N)C3)n(CC(=O)O)n2)cc1OC. The molecule has 1 saturated carbocycles. The number of carboxylic acids is 1. The van der Waals surface area contributed by atoms with Crippen molar-refractivity contribution in [3.63, 3.8) is 0 Å². The predicted molar refractivity (Wildman–Crippen MR) is 99.2 cm³/mol. The van der Waals surface area contributed by atoms with Gasteiger partial charge in [-0.15, -0.1) is 0 Å². The molecule has 1 aromatic carbocycles. The van der Waals surface area contributed by atoms with Gasteiger partial charge in [0.05, 0.1) is 14.2 Å². The average Bonchev–Trinajstić information content (AvgIpc) is 3.03. The third-order valence-corrected chi connectivity index (χ3v) is 4.92. The Morgan fingerprint density at radius 3 is 2.74 bits per heavy atom. The van der Waals surface area contributed by atoms with Crippen molar-refractivity contribution >= 4 is 5.97 Å². The minimum atomic E-state index is -0.932. The molecule has 0 saturated heterocycles. The fraction of sp³-hybridized carbons (Fsp3) is 0.526. The molecule has 3 rings (SSSR count). The van der Waals surface area contributed by atoms with Crippen LogP contribution in [0.15, 0.2) is 18.2 Å². The lowest BCUT2D eigenvalue weighted by Gasteiger charge is -2.25. The molecule has 0 aliphatic heterocycles. The van der Waals surface area contributed by atoms with Crippen molar-refractivity contribution in [3.8, 4) is 11.5 Å². The summed E-state index contributed by atoms with van der Waals surface area (Å²) >= 11 is 0. The number of benzene rings is 1. The minimum Gasteiger partial charge on any atom is -0.493 e. The number of rotatable bonds is 7. The van der Waals surface area contributed by atoms with Crippen molar-refractivity contribution in [2.75, 3.05) is 14.2 Å². The van der Waals surface area contributed by atoms with Crippen molar-refractivity contribution in [2.24, 2.45) is 5.73 Å². The van der Waals surface area contributed by atoms with Crippen LogP contribution in [0.2, 0.25) is 0 Å². The van der Waals surface area contributed by atoms with Crippen LogP contribution in [0, 0.1) is 0 Å². The van der Waals surface area contributed by atoms with Gasteiger partial charge in [0.2, 0.25) is 0 Å². The molecule has 1 aromatic heterocycles. The van der Waals surface area contributed by atoms with Crippen LogP contribution in [0.4, 0.5) is 0 Å². The van der Waals surface area contributed by atoms with E-state index in [1.807, 2.05) is 18.2 Å². The molecule has 8 heteroatoms. The fourth-order valence-corrected chi connectivity index (χ4v) is 3.66. The highest BCUT2D eigenvalue weighted by Crippen LogP contribution is 2.32. The van der Waals surface area contributed by atoms with Crippen molar-refractivity contribution < 1.29 is 19.4 Å². The second-order valence-corrected chi connectivity index (χ2v) is 6.93. The number of carbonyl (C=O) groups is 1. The highest BCUT2D eigenvalue weighted by Gasteiger charge is 2.26. The van der Waals surface area contributed by atoms with Crippen LogP contribution >= 0.6 is 0 Å². The maximum absolute atomic E-state index is 11.2. The molecule has 8 nitrogen and oxygen atoms in total. The summed E-state index contributed by atoms with van der Waals surface area (Å²) in [6.07, 6.45) is 4.29. The molecule has 0 unspecified atom stereocenters. The number of aromatic nitrogens is 3. The molecule has 2 aromatic rings. The van der Waals surface area contributed by atoms with Crippen molar-refractivity contribution in [2.45, 2.75) is 50.6 Å². The Kier molecular flexibility index (Phi) is 5.95. The Hall–Kier alpha value is -2.61. The monoisotopic (exact) mass is 374 g/mol. The van der Waals surface area contributed by atoms with Crippen molar-refractivity contribution in [1.82, 2.24) is 14.8 Å². The van der Waals surface area contributed by atoms with E-state index in [9.17, 15) is 9.90 Å². The molecule has 2 atom stereocenters. The van der Waals surface area contributed by atoms with E-state index in [2.05, 4.69) is 10.1 Å². The highest BCUT2D eigenvalue weighted by atomic mass is 16.5. The van der Waals surface area contributed by atoms with Gasteiger partial charge in [-0.1, -0.05) is 12.5 Å². The number of aliphatic carboxylic acids is 1. The number of nitrogens with zero attached hydrogens (tertiary/aromatic N) is 3. The topological polar surface area (TPSA) is 112 Å². The van der Waals surface area contributed by atoms with Crippen LogP contribution in [0.1, 0.15) is 48.8 Å². The predicted octanol–water partition coefficient (Wildman–Crippen LogP) is 1.96. The molecule has 1 heterocycles. The first kappa shape index (κ1) is 19.2. The van der Waals surface area contributed by atoms with Gasteiger partial charge in [-0.3, -0.25) is 4.79 Å². The Balaban J connectivity index is 1.86. The van der Waals surface area contributed by atoms with E-state index in [-0.39, 0.29) is 18.5 Å². The summed E-state index contributed by atoms with van der Waals surface area (Å²) in [5.41, 5.74) is 7.07. The van der Waals surface area contributed by atoms with Crippen LogP contribution in [-0.2, 0) is 17.8 Å². The van der Waals surface area contributed by atoms with Crippen LogP contribution in [0.25, 0.3) is 0 Å². The first-order valence-electron chi connectivity index (χ1n) is 9.12. The number of methoxy groups -OCH3 is 2. The first-order valence-corrected chi connectivity index (χ1v) is 9.12. The zero-order chi connectivity index (χ0) is 19.4. The minimum absolute atomic E-state index is 0.132. The van der Waals surface area contributed by atoms with E-state index >= 15 is 0 Å². The molecule has 1 aliphatic rings. The van der Waals surface area contributed by atoms with Gasteiger partial charge >= 0.3 is 5.97 Å². The number of hydrogen-bond acceptors (Lipinski definition) is 6. The summed E-state index contributed by atoms with van der Waals surface area (Å²) in [6.45, 7) is -0.194. The van der Waals surface area contributed by atoms with E-state index in [0.717, 1.165) is 37.1 Å². The lowest BCUT2D eigenvalue weighted by Crippen LogP contribution is -2.28. The molecule has 0 spiro atoms. The number of nitrogens with two attached hydrogens (primary N) is 1. The molecule has 3 N–H and O–H groups in total. The summed E-state index contributed by atoms with van der Waals surface area (Å²) in [6, 6.07) is 5.78. The van der Waals surface area contributed by atoms with Crippen molar-refractivity contribution in [3.05, 3.63) is 35.4 Å². The van der Waals surface area contributed by atoms with Crippen LogP contribution < -0.4 is 15.2 Å². The molecular formula is C19H26N4O4. The van der Waals surface area contributed by atoms with Gasteiger partial charge in [0.15, 0.2) is 17.3 Å². The largest absolute Gasteiger partial charge is 0.493 e. The number of ether oxygens (including phenoxy) is 2. The first-order chi connectivity index (χ1) is 13.0. The van der Waals surface area contributed by atoms with Crippen LogP contribution in [-0.4, -0.2) is 46.1 Å². The zero-order valence-electron chi connectivity index (χ0n) is 15.7. The van der Waals surface area contributed by atoms with Gasteiger partial charge in [0, 0.05) is 18.4 Å². The lowest BCUT2D eigenvalue weighted by atomic mass is 9.85. The Bertz CT molecular complexity index is 805. The van der Waals surface area contributed by atoms with Gasteiger partial charge in [-0.2, -0.15) is 5.10 Å². The maximum atomic E-state index is 11.2. The highest BCUT2D eigenvalue weighted by molar-refractivity contribution is 5.66. The van der Waals surface area contributed by atoms with Gasteiger partial charge in [0.25, 0.3) is 0 Å². The second-order valence-electron chi connectivity index (χ2n) is 6.93. The molecule has 1 fully saturated rings. The van der Waals surface area contributed by atoms with E-state index < -0.39 is 5.97 Å². The normalized spacial score (nSPS) is 19.7. The standard InChI is InChI=1S/C19H26N4O4/c1-26-15-7-6-12(8-16(15)27-2)9-17-21-19(23(22-17)11-18(24)25)13-4-3-5-14(20)10-13/h6-8,13-14H,3-5,9-11,20H2,1-2H3,(H,24,25)/t13-,14+/m0/s1. The Morgan fingerprint density at radius 2 is 2.07 bits per heavy atom. The quantitative estimate of drug-likeness (QED) is 0.761. The molecule has 0 amide bonds. The van der Waals surface area contributed by atoms with Gasteiger partial charge in [-0.25, -0.2) is 9.67 Å². The molecule has 0 bridgehead atoms. The Morgan fingerprint density at radius 1 is 1.30 bits per heavy atom. The fourth-order valence-electron chi connectivity index (χ4n) is 3.66. The number of carboxylic acid groups (broad SMARTS) is 1. The maximum Gasteiger partial charge on any atom is 0.325 e. The average molecular weight is 374 g/mol. The van der Waals surface area contributed by atoms with Gasteiger partial charge in [-0.05, 0) is 37.0 Å². The zero-order valence-corrected chi connectivity index (χ0v) is 15.7. The van der Waals surface area contributed by atoms with E-state index in [1.54, 1.807) is 14.2 Å². The molecule has 146 valence electrons. The summed E-state index contributed by atoms with van der Waals surface area (Å²) in [7, 11) is 3.18. The van der Waals surface area contributed by atoms with E-state index in [4.69, 9.17) is 15.2 Å². The van der Waals surface area contributed by atoms with Crippen LogP contribution in [0.3, 0.4) is 0 Å². The summed E-state index contributed by atoms with van der Waals surface area (Å²) < 4.78 is 12.1. The molecular weight excluding hydrogens is 348 g/mol. The molecule has 27 heavy (non-hydrogen) atoms. The van der Waals surface area contributed by atoms with Crippen LogP contribution in [0.5, 0.6) is 11.5 Å².